The Kier molecular flexibility index (Phi) is 3.08. The van der Waals surface area contributed by atoms with Gasteiger partial charge in [-0.05, 0) is 31.5 Å². The molecule has 0 aliphatic carbocycles. The maximum absolute atomic E-state index is 8.34. The van der Waals surface area contributed by atoms with Crippen LogP contribution >= 0.6 is 0 Å². The zero-order valence-electron chi connectivity index (χ0n) is 8.20. The standard InChI is InChI=1S/C10H12N4/c1-7-3-4-9(12)5-10(7)14-8(2)13-6-11/h3-5H,12H2,1-2H3,(H,13,14). The van der Waals surface area contributed by atoms with Gasteiger partial charge >= 0.3 is 0 Å². The largest absolute Gasteiger partial charge is 0.399 e. The van der Waals surface area contributed by atoms with Gasteiger partial charge in [0.15, 0.2) is 0 Å². The lowest BCUT2D eigenvalue weighted by Crippen LogP contribution is -2.08. The summed E-state index contributed by atoms with van der Waals surface area (Å²) < 4.78 is 0. The van der Waals surface area contributed by atoms with Gasteiger partial charge in [-0.15, -0.1) is 0 Å². The first-order valence-corrected chi connectivity index (χ1v) is 4.20. The number of hydrogen-bond acceptors (Lipinski definition) is 3. The Labute approximate surface area is 83.1 Å². The van der Waals surface area contributed by atoms with Gasteiger partial charge < -0.3 is 11.1 Å². The van der Waals surface area contributed by atoms with E-state index in [0.717, 1.165) is 11.3 Å². The number of benzene rings is 1. The maximum atomic E-state index is 8.34. The van der Waals surface area contributed by atoms with Gasteiger partial charge in [-0.1, -0.05) is 6.07 Å². The van der Waals surface area contributed by atoms with E-state index in [1.807, 2.05) is 25.1 Å². The van der Waals surface area contributed by atoms with Crippen LogP contribution in [0.2, 0.25) is 0 Å². The Balaban J connectivity index is 2.92. The topological polar surface area (TPSA) is 74.2 Å². The summed E-state index contributed by atoms with van der Waals surface area (Å²) in [6.07, 6.45) is 1.72. The molecule has 1 rings (SSSR count). The van der Waals surface area contributed by atoms with E-state index >= 15 is 0 Å². The van der Waals surface area contributed by atoms with E-state index < -0.39 is 0 Å². The molecule has 14 heavy (non-hydrogen) atoms. The van der Waals surface area contributed by atoms with Crippen LogP contribution in [0.25, 0.3) is 0 Å². The second kappa shape index (κ2) is 4.28. The number of hydrogen-bond donors (Lipinski definition) is 2. The van der Waals surface area contributed by atoms with Crippen LogP contribution in [0.3, 0.4) is 0 Å². The lowest BCUT2D eigenvalue weighted by molar-refractivity contribution is 1.40. The number of aryl methyl sites for hydroxylation is 1. The molecule has 0 bridgehead atoms. The monoisotopic (exact) mass is 188 g/mol. The van der Waals surface area contributed by atoms with Gasteiger partial charge in [0.05, 0.1) is 0 Å². The molecule has 4 heteroatoms. The van der Waals surface area contributed by atoms with Crippen molar-refractivity contribution in [2.24, 2.45) is 4.99 Å². The maximum Gasteiger partial charge on any atom is 0.207 e. The third-order valence-corrected chi connectivity index (χ3v) is 1.79. The van der Waals surface area contributed by atoms with Gasteiger partial charge in [-0.2, -0.15) is 10.3 Å². The lowest BCUT2D eigenvalue weighted by Gasteiger charge is -2.08. The molecule has 0 aliphatic heterocycles. The second-order valence-corrected chi connectivity index (χ2v) is 3.00. The van der Waals surface area contributed by atoms with Crippen LogP contribution in [0, 0.1) is 18.4 Å². The summed E-state index contributed by atoms with van der Waals surface area (Å²) in [4.78, 5) is 3.56. The van der Waals surface area contributed by atoms with Gasteiger partial charge in [0.2, 0.25) is 6.19 Å². The number of aliphatic imine (C=N–C) groups is 1. The van der Waals surface area contributed by atoms with Crippen molar-refractivity contribution in [3.8, 4) is 6.19 Å². The lowest BCUT2D eigenvalue weighted by atomic mass is 10.2. The first-order valence-electron chi connectivity index (χ1n) is 4.20. The number of anilines is 2. The molecule has 0 unspecified atom stereocenters. The van der Waals surface area contributed by atoms with Crippen molar-refractivity contribution >= 4 is 17.2 Å². The number of amidine groups is 1. The molecule has 0 radical (unpaired) electrons. The highest BCUT2D eigenvalue weighted by Crippen LogP contribution is 2.17. The molecular weight excluding hydrogens is 176 g/mol. The molecule has 0 fully saturated rings. The van der Waals surface area contributed by atoms with Gasteiger partial charge in [0.1, 0.15) is 5.84 Å². The first kappa shape index (κ1) is 10.1. The fourth-order valence-corrected chi connectivity index (χ4v) is 1.07. The van der Waals surface area contributed by atoms with Crippen LogP contribution in [0.15, 0.2) is 23.2 Å². The fourth-order valence-electron chi connectivity index (χ4n) is 1.07. The SMILES string of the molecule is C/C(=N\C#N)Nc1cc(N)ccc1C. The molecule has 0 aliphatic rings. The van der Waals surface area contributed by atoms with Crippen LogP contribution in [0.1, 0.15) is 12.5 Å². The molecule has 1 aromatic carbocycles. The minimum atomic E-state index is 0.557. The Morgan fingerprint density at radius 3 is 2.93 bits per heavy atom. The Bertz CT molecular complexity index is 401. The van der Waals surface area contributed by atoms with Crippen molar-refractivity contribution in [3.05, 3.63) is 23.8 Å². The van der Waals surface area contributed by atoms with Crippen molar-refractivity contribution in [3.63, 3.8) is 0 Å². The van der Waals surface area contributed by atoms with E-state index in [1.54, 1.807) is 13.1 Å². The summed E-state index contributed by atoms with van der Waals surface area (Å²) in [6.45, 7) is 3.69. The second-order valence-electron chi connectivity index (χ2n) is 3.00. The quantitative estimate of drug-likeness (QED) is 0.306. The molecule has 0 atom stereocenters. The van der Waals surface area contributed by atoms with Crippen LogP contribution in [-0.4, -0.2) is 5.84 Å². The number of nitriles is 1. The van der Waals surface area contributed by atoms with Crippen molar-refractivity contribution in [1.82, 2.24) is 0 Å². The molecule has 3 N–H and O–H groups in total. The number of nitrogens with zero attached hydrogens (tertiary/aromatic N) is 2. The van der Waals surface area contributed by atoms with E-state index in [4.69, 9.17) is 11.0 Å². The zero-order chi connectivity index (χ0) is 10.6. The van der Waals surface area contributed by atoms with Crippen LogP contribution < -0.4 is 11.1 Å². The molecule has 0 aromatic heterocycles. The molecule has 0 saturated heterocycles. The summed E-state index contributed by atoms with van der Waals surface area (Å²) in [6, 6.07) is 5.56. The molecule has 0 amide bonds. The summed E-state index contributed by atoms with van der Waals surface area (Å²) >= 11 is 0. The molecule has 0 heterocycles. The fraction of sp³-hybridized carbons (Fsp3) is 0.200. The Morgan fingerprint density at radius 2 is 2.29 bits per heavy atom. The summed E-state index contributed by atoms with van der Waals surface area (Å²) in [5.74, 6) is 0.557. The highest BCUT2D eigenvalue weighted by molar-refractivity contribution is 5.95. The van der Waals surface area contributed by atoms with E-state index in [2.05, 4.69) is 10.3 Å². The average Bonchev–Trinajstić information content (AvgIpc) is 2.12. The Morgan fingerprint density at radius 1 is 1.57 bits per heavy atom. The molecule has 72 valence electrons. The Hall–Kier alpha value is -2.02. The third kappa shape index (κ3) is 2.49. The van der Waals surface area contributed by atoms with Gasteiger partial charge in [-0.25, -0.2) is 0 Å². The van der Waals surface area contributed by atoms with E-state index in [9.17, 15) is 0 Å². The van der Waals surface area contributed by atoms with Crippen LogP contribution in [0.5, 0.6) is 0 Å². The third-order valence-electron chi connectivity index (χ3n) is 1.79. The van der Waals surface area contributed by atoms with Gasteiger partial charge in [0, 0.05) is 11.4 Å². The predicted octanol–water partition coefficient (Wildman–Crippen LogP) is 1.89. The predicted molar refractivity (Wildman–Crippen MR) is 57.9 cm³/mol. The van der Waals surface area contributed by atoms with E-state index in [-0.39, 0.29) is 0 Å². The minimum absolute atomic E-state index is 0.557. The molecule has 0 saturated carbocycles. The van der Waals surface area contributed by atoms with Crippen molar-refractivity contribution < 1.29 is 0 Å². The molecular formula is C10H12N4. The van der Waals surface area contributed by atoms with Crippen molar-refractivity contribution in [2.75, 3.05) is 11.1 Å². The number of nitrogens with one attached hydrogen (secondary N) is 1. The highest BCUT2D eigenvalue weighted by Gasteiger charge is 1.99. The first-order chi connectivity index (χ1) is 6.63. The molecule has 0 spiro atoms. The summed E-state index contributed by atoms with van der Waals surface area (Å²) in [5.41, 5.74) is 8.25. The molecule has 4 nitrogen and oxygen atoms in total. The van der Waals surface area contributed by atoms with Crippen LogP contribution in [0.4, 0.5) is 11.4 Å². The van der Waals surface area contributed by atoms with E-state index in [1.165, 1.54) is 0 Å². The number of nitrogen functional groups attached to an aromatic ring is 1. The van der Waals surface area contributed by atoms with Crippen molar-refractivity contribution in [1.29, 1.82) is 5.26 Å². The van der Waals surface area contributed by atoms with Crippen LogP contribution in [-0.2, 0) is 0 Å². The number of rotatable bonds is 1. The minimum Gasteiger partial charge on any atom is -0.399 e. The van der Waals surface area contributed by atoms with E-state index in [0.29, 0.717) is 11.5 Å². The summed E-state index contributed by atoms with van der Waals surface area (Å²) in [7, 11) is 0. The van der Waals surface area contributed by atoms with Gasteiger partial charge in [0.25, 0.3) is 0 Å². The molecule has 1 aromatic rings. The normalized spacial score (nSPS) is 10.8. The van der Waals surface area contributed by atoms with Gasteiger partial charge in [-0.3, -0.25) is 0 Å². The smallest absolute Gasteiger partial charge is 0.207 e. The zero-order valence-corrected chi connectivity index (χ0v) is 8.20. The number of nitrogens with two attached hydrogens (primary N) is 1. The highest BCUT2D eigenvalue weighted by atomic mass is 15.0. The van der Waals surface area contributed by atoms with Crippen molar-refractivity contribution in [2.45, 2.75) is 13.8 Å². The average molecular weight is 188 g/mol. The summed E-state index contributed by atoms with van der Waals surface area (Å²) in [5, 5.41) is 11.3.